The summed E-state index contributed by atoms with van der Waals surface area (Å²) in [5, 5.41) is 0. The van der Waals surface area contributed by atoms with Gasteiger partial charge in [0.1, 0.15) is 0 Å². The fourth-order valence-corrected chi connectivity index (χ4v) is 8.00. The molecule has 192 valence electrons. The van der Waals surface area contributed by atoms with Crippen molar-refractivity contribution >= 4 is 17.6 Å². The van der Waals surface area contributed by atoms with Crippen LogP contribution >= 0.6 is 0 Å². The van der Waals surface area contributed by atoms with Gasteiger partial charge in [0.05, 0.1) is 12.2 Å². The van der Waals surface area contributed by atoms with Gasteiger partial charge in [0.15, 0.2) is 0 Å². The summed E-state index contributed by atoms with van der Waals surface area (Å²) in [5.41, 5.74) is 0. The molecule has 0 aromatic carbocycles. The topological polar surface area (TPSA) is 67.9 Å². The first-order valence-corrected chi connectivity index (χ1v) is 15.1. The third-order valence-corrected chi connectivity index (χ3v) is 11.2. The molecule has 0 radical (unpaired) electrons. The van der Waals surface area contributed by atoms with E-state index in [0.717, 1.165) is 39.7 Å². The van der Waals surface area contributed by atoms with Crippen LogP contribution in [0.2, 0.25) is 6.04 Å². The molecule has 0 bridgehead atoms. The quantitative estimate of drug-likeness (QED) is 0.192. The molecule has 1 aliphatic carbocycles. The first kappa shape index (κ1) is 30.0. The van der Waals surface area contributed by atoms with E-state index < -0.39 is 23.4 Å². The van der Waals surface area contributed by atoms with Gasteiger partial charge < -0.3 is 31.3 Å². The van der Waals surface area contributed by atoms with Crippen LogP contribution in [0, 0.1) is 5.92 Å². The van der Waals surface area contributed by atoms with E-state index in [2.05, 4.69) is 13.3 Å². The molecule has 0 N–H and O–H groups in total. The third-order valence-electron chi connectivity index (χ3n) is 5.70. The molecule has 3 atom stereocenters. The van der Waals surface area contributed by atoms with Crippen molar-refractivity contribution in [3.8, 4) is 0 Å². The molecule has 3 unspecified atom stereocenters. The molecule has 1 aliphatic heterocycles. The minimum absolute atomic E-state index is 0.604. The normalized spacial score (nSPS) is 23.3. The average Bonchev–Trinajstić information content (AvgIpc) is 3.52. The Morgan fingerprint density at radius 1 is 0.812 bits per heavy atom. The number of unbranched alkanes of at least 4 members (excludes halogenated alkanes) is 1. The van der Waals surface area contributed by atoms with E-state index in [1.54, 1.807) is 0 Å². The van der Waals surface area contributed by atoms with Crippen LogP contribution in [-0.4, -0.2) is 76.8 Å². The van der Waals surface area contributed by atoms with Gasteiger partial charge in [0, 0.05) is 47.2 Å². The summed E-state index contributed by atoms with van der Waals surface area (Å²) in [6.07, 6.45) is 8.87. The van der Waals surface area contributed by atoms with Crippen molar-refractivity contribution in [3.63, 3.8) is 0 Å². The van der Waals surface area contributed by atoms with Crippen molar-refractivity contribution in [2.75, 3.05) is 41.2 Å². The van der Waals surface area contributed by atoms with E-state index in [1.807, 2.05) is 20.8 Å². The number of epoxide rings is 1. The number of alkyl halides is 3. The molecule has 1 saturated carbocycles. The molecule has 2 rings (SSSR count). The molecule has 0 amide bonds. The molecule has 2 fully saturated rings. The lowest BCUT2D eigenvalue weighted by atomic mass is 9.86. The largest absolute Gasteiger partial charge is 0.615 e. The first-order chi connectivity index (χ1) is 15.2. The van der Waals surface area contributed by atoms with Crippen LogP contribution in [0.5, 0.6) is 0 Å². The molecular formula is C20H41F3O7Si2. The van der Waals surface area contributed by atoms with Gasteiger partial charge >= 0.3 is 23.4 Å². The minimum Gasteiger partial charge on any atom is -0.374 e. The molecule has 1 saturated heterocycles. The Morgan fingerprint density at radius 3 is 1.72 bits per heavy atom. The van der Waals surface area contributed by atoms with Gasteiger partial charge in [0.2, 0.25) is 0 Å². The fourth-order valence-electron chi connectivity index (χ4n) is 4.12. The summed E-state index contributed by atoms with van der Waals surface area (Å²) in [6.45, 7) is 8.09. The lowest BCUT2D eigenvalue weighted by Crippen LogP contribution is -2.56. The van der Waals surface area contributed by atoms with Crippen LogP contribution in [0.15, 0.2) is 0 Å². The monoisotopic (exact) mass is 506 g/mol. The van der Waals surface area contributed by atoms with E-state index in [-0.39, 0.29) is 0 Å². The maximum absolute atomic E-state index is 12.1. The van der Waals surface area contributed by atoms with Crippen LogP contribution in [0.1, 0.15) is 59.3 Å². The highest BCUT2D eigenvalue weighted by atomic mass is 28.4. The predicted octanol–water partition coefficient (Wildman–Crippen LogP) is 4.74. The van der Waals surface area contributed by atoms with Crippen LogP contribution in [0.4, 0.5) is 13.2 Å². The molecule has 0 spiro atoms. The second-order valence-electron chi connectivity index (χ2n) is 7.79. The highest BCUT2D eigenvalue weighted by Crippen LogP contribution is 2.41. The number of rotatable bonds is 14. The van der Waals surface area contributed by atoms with Crippen molar-refractivity contribution in [3.05, 3.63) is 0 Å². The summed E-state index contributed by atoms with van der Waals surface area (Å²) < 4.78 is 72.0. The standard InChI is InChI=1S/C16H32O4Si.C4H9F3O3Si/c1-4-17-21(18-5-2,19-6-3)12-8-7-9-14-10-11-15-16(13-14)20-15;1-8-11(9-2,10-3)4(5,6)7/h14-16H,4-13H2,1-3H3;1-3H3. The first-order valence-electron chi connectivity index (χ1n) is 11.5. The zero-order chi connectivity index (χ0) is 24.3. The Morgan fingerprint density at radius 2 is 1.34 bits per heavy atom. The smallest absolute Gasteiger partial charge is 0.374 e. The molecule has 32 heavy (non-hydrogen) atoms. The second kappa shape index (κ2) is 14.4. The Hall–Kier alpha value is -0.0562. The zero-order valence-corrected chi connectivity index (χ0v) is 22.3. The van der Waals surface area contributed by atoms with E-state index in [9.17, 15) is 13.2 Å². The molecular weight excluding hydrogens is 465 g/mol. The van der Waals surface area contributed by atoms with Gasteiger partial charge in [-0.05, 0) is 52.4 Å². The number of halogens is 3. The van der Waals surface area contributed by atoms with Gasteiger partial charge in [-0.2, -0.15) is 13.2 Å². The molecule has 0 aromatic rings. The van der Waals surface area contributed by atoms with Crippen LogP contribution < -0.4 is 0 Å². The molecule has 1 heterocycles. The molecule has 7 nitrogen and oxygen atoms in total. The summed E-state index contributed by atoms with van der Waals surface area (Å²) >= 11 is 0. The lowest BCUT2D eigenvalue weighted by Gasteiger charge is -2.28. The Labute approximate surface area is 192 Å². The predicted molar refractivity (Wildman–Crippen MR) is 118 cm³/mol. The SMILES string of the molecule is CCO[Si](CCCCC1CCC2OC2C1)(OCC)OCC.CO[Si](OC)(OC)C(F)(F)F. The minimum atomic E-state index is -4.56. The second-order valence-corrected chi connectivity index (χ2v) is 13.4. The van der Waals surface area contributed by atoms with Crippen molar-refractivity contribution in [2.24, 2.45) is 5.92 Å². The average molecular weight is 507 g/mol. The maximum atomic E-state index is 12.1. The highest BCUT2D eigenvalue weighted by molar-refractivity contribution is 6.62. The van der Waals surface area contributed by atoms with E-state index in [0.29, 0.717) is 32.0 Å². The summed E-state index contributed by atoms with van der Waals surface area (Å²) in [6, 6.07) is 0.956. The zero-order valence-electron chi connectivity index (χ0n) is 20.3. The Balaban J connectivity index is 0.000000396. The van der Waals surface area contributed by atoms with Crippen molar-refractivity contribution in [1.82, 2.24) is 0 Å². The number of fused-ring (bicyclic) bond motifs is 1. The molecule has 2 aliphatic rings. The molecule has 12 heteroatoms. The van der Waals surface area contributed by atoms with Crippen molar-refractivity contribution < 1.29 is 44.5 Å². The maximum Gasteiger partial charge on any atom is 0.615 e. The van der Waals surface area contributed by atoms with E-state index >= 15 is 0 Å². The number of hydrogen-bond acceptors (Lipinski definition) is 7. The van der Waals surface area contributed by atoms with Gasteiger partial charge in [-0.25, -0.2) is 0 Å². The number of hydrogen-bond donors (Lipinski definition) is 0. The summed E-state index contributed by atoms with van der Waals surface area (Å²) in [4.78, 5) is 0. The van der Waals surface area contributed by atoms with Crippen LogP contribution in [-0.2, 0) is 31.3 Å². The molecule has 0 aromatic heterocycles. The fraction of sp³-hybridized carbons (Fsp3) is 1.00. The highest BCUT2D eigenvalue weighted by Gasteiger charge is 2.65. The third kappa shape index (κ3) is 8.95. The van der Waals surface area contributed by atoms with Gasteiger partial charge in [-0.3, -0.25) is 0 Å². The lowest BCUT2D eigenvalue weighted by molar-refractivity contribution is -0.122. The summed E-state index contributed by atoms with van der Waals surface area (Å²) in [5.74, 6) is -3.69. The van der Waals surface area contributed by atoms with Gasteiger partial charge in [0.25, 0.3) is 0 Å². The van der Waals surface area contributed by atoms with Crippen molar-refractivity contribution in [1.29, 1.82) is 0 Å². The van der Waals surface area contributed by atoms with Crippen LogP contribution in [0.25, 0.3) is 0 Å². The van der Waals surface area contributed by atoms with Gasteiger partial charge in [-0.15, -0.1) is 0 Å². The van der Waals surface area contributed by atoms with Gasteiger partial charge in [-0.1, -0.05) is 12.8 Å². The van der Waals surface area contributed by atoms with Crippen molar-refractivity contribution in [2.45, 2.75) is 83.3 Å². The Bertz CT molecular complexity index is 485. The summed E-state index contributed by atoms with van der Waals surface area (Å²) in [7, 11) is -4.10. The Kier molecular flexibility index (Phi) is 13.5. The van der Waals surface area contributed by atoms with Crippen LogP contribution in [0.3, 0.4) is 0 Å². The van der Waals surface area contributed by atoms with E-state index in [4.69, 9.17) is 18.0 Å². The number of ether oxygens (including phenoxy) is 1. The van der Waals surface area contributed by atoms with E-state index in [1.165, 1.54) is 32.1 Å².